The molecule has 3 fully saturated rings. The third-order valence-electron chi connectivity index (χ3n) is 6.96. The fourth-order valence-corrected chi connectivity index (χ4v) is 9.25. The number of hydrogen-bond acceptors (Lipinski definition) is 6. The van der Waals surface area contributed by atoms with E-state index in [0.29, 0.717) is 17.9 Å². The van der Waals surface area contributed by atoms with E-state index in [0.717, 1.165) is 29.6 Å². The topological polar surface area (TPSA) is 74.2 Å². The maximum atomic E-state index is 13.5. The molecular weight excluding hydrogens is 609 g/mol. The molecule has 0 aromatic carbocycles. The van der Waals surface area contributed by atoms with Gasteiger partial charge >= 0.3 is 196 Å². The molecule has 5 rings (SSSR count). The second-order valence-electron chi connectivity index (χ2n) is 10.9. The number of pyridine rings is 1. The van der Waals surface area contributed by atoms with Gasteiger partial charge in [-0.15, -0.1) is 0 Å². The van der Waals surface area contributed by atoms with Gasteiger partial charge in [-0.2, -0.15) is 13.2 Å². The normalized spacial score (nSPS) is 22.1. The van der Waals surface area contributed by atoms with Gasteiger partial charge in [-0.1, -0.05) is 0 Å². The molecule has 0 spiro atoms. The van der Waals surface area contributed by atoms with Crippen molar-refractivity contribution in [3.8, 4) is 0 Å². The molecule has 2 aromatic rings. The van der Waals surface area contributed by atoms with Gasteiger partial charge in [0.2, 0.25) is 0 Å². The van der Waals surface area contributed by atoms with Crippen molar-refractivity contribution in [3.63, 3.8) is 0 Å². The van der Waals surface area contributed by atoms with E-state index in [1.165, 1.54) is 0 Å². The van der Waals surface area contributed by atoms with Gasteiger partial charge in [-0.3, -0.25) is 4.79 Å². The number of halogens is 6. The minimum absolute atomic E-state index is 0.00962. The van der Waals surface area contributed by atoms with Crippen molar-refractivity contribution >= 4 is 45.4 Å². The van der Waals surface area contributed by atoms with Crippen molar-refractivity contribution in [2.45, 2.75) is 64.4 Å². The number of amides is 1. The van der Waals surface area contributed by atoms with Crippen molar-refractivity contribution in [1.82, 2.24) is 19.9 Å². The van der Waals surface area contributed by atoms with Gasteiger partial charge in [-0.25, -0.2) is 0 Å². The Morgan fingerprint density at radius 3 is 2.27 bits per heavy atom. The van der Waals surface area contributed by atoms with E-state index in [4.69, 9.17) is 4.98 Å². The Balaban J connectivity index is 1.39. The zero-order valence-electron chi connectivity index (χ0n) is 20.4. The summed E-state index contributed by atoms with van der Waals surface area (Å²) in [6.07, 6.45) is -6.33. The molecule has 2 atom stereocenters. The van der Waals surface area contributed by atoms with Crippen LogP contribution >= 0.6 is 0 Å². The number of nitrogens with zero attached hydrogens (tertiary/aromatic N) is 5. The second-order valence-corrected chi connectivity index (χ2v) is 25.1. The van der Waals surface area contributed by atoms with Crippen LogP contribution < -0.4 is 13.9 Å². The third-order valence-corrected chi connectivity index (χ3v) is 12.1. The first-order valence-electron chi connectivity index (χ1n) is 12.0. The van der Waals surface area contributed by atoms with Gasteiger partial charge in [-0.05, 0) is 0 Å². The van der Waals surface area contributed by atoms with Crippen LogP contribution in [0.4, 0.5) is 43.8 Å². The van der Waals surface area contributed by atoms with Crippen LogP contribution in [-0.2, 0) is 11.0 Å². The molecule has 37 heavy (non-hydrogen) atoms. The van der Waals surface area contributed by atoms with Crippen LogP contribution in [-0.4, -0.2) is 75.5 Å². The van der Waals surface area contributed by atoms with E-state index in [1.807, 2.05) is 19.7 Å². The first-order chi connectivity index (χ1) is 17.1. The number of hydrogen-bond donors (Lipinski definition) is 1. The molecule has 14 heteroatoms. The van der Waals surface area contributed by atoms with Gasteiger partial charge in [0.1, 0.15) is 0 Å². The number of anilines is 3. The zero-order chi connectivity index (χ0) is 26.9. The average molecular weight is 635 g/mol. The van der Waals surface area contributed by atoms with Crippen LogP contribution in [0.25, 0.3) is 0 Å². The SMILES string of the molecule is [CH3][Sn]([CH3])([CH3])[c]1nc(Nc2ccc(N3CC4C[C@@H]3CN4C(=O)C(F)(F)F)nc2C2CC2)ncc1C(F)(F)F. The minimum atomic E-state index is -4.89. The Labute approximate surface area is 213 Å². The molecule has 1 amide bonds. The van der Waals surface area contributed by atoms with Crippen LogP contribution in [0, 0.1) is 0 Å². The molecule has 1 unspecified atom stereocenters. The predicted molar refractivity (Wildman–Crippen MR) is 127 cm³/mol. The molecule has 2 aliphatic heterocycles. The molecule has 7 nitrogen and oxygen atoms in total. The monoisotopic (exact) mass is 636 g/mol. The van der Waals surface area contributed by atoms with Crippen LogP contribution in [0.1, 0.15) is 36.4 Å². The van der Waals surface area contributed by atoms with E-state index >= 15 is 0 Å². The van der Waals surface area contributed by atoms with Crippen molar-refractivity contribution in [2.75, 3.05) is 23.3 Å². The molecule has 2 saturated heterocycles. The number of nitrogens with one attached hydrogen (secondary N) is 1. The first kappa shape index (κ1) is 26.3. The number of carbonyl (C=O) groups excluding carboxylic acids is 1. The van der Waals surface area contributed by atoms with Gasteiger partial charge < -0.3 is 0 Å². The van der Waals surface area contributed by atoms with Crippen LogP contribution in [0.15, 0.2) is 18.3 Å². The van der Waals surface area contributed by atoms with Crippen molar-refractivity contribution in [2.24, 2.45) is 0 Å². The number of fused-ring (bicyclic) bond motifs is 2. The Hall–Kier alpha value is -2.32. The molecule has 1 aliphatic carbocycles. The van der Waals surface area contributed by atoms with Crippen molar-refractivity contribution in [3.05, 3.63) is 29.6 Å². The molecule has 3 aliphatic rings. The Morgan fingerprint density at radius 2 is 1.73 bits per heavy atom. The summed E-state index contributed by atoms with van der Waals surface area (Å²) in [5, 5.41) is 3.06. The summed E-state index contributed by atoms with van der Waals surface area (Å²) < 4.78 is 79.4. The molecule has 2 bridgehead atoms. The van der Waals surface area contributed by atoms with Crippen molar-refractivity contribution < 1.29 is 31.1 Å². The molecule has 1 N–H and O–H groups in total. The summed E-state index contributed by atoms with van der Waals surface area (Å²) >= 11 is -3.26. The van der Waals surface area contributed by atoms with E-state index in [1.54, 1.807) is 12.1 Å². The Bertz CT molecular complexity index is 1230. The number of alkyl halides is 6. The second kappa shape index (κ2) is 8.87. The Kier molecular flexibility index (Phi) is 6.30. The molecule has 200 valence electrons. The Morgan fingerprint density at radius 1 is 1.03 bits per heavy atom. The van der Waals surface area contributed by atoms with Gasteiger partial charge in [0, 0.05) is 0 Å². The van der Waals surface area contributed by atoms with Crippen molar-refractivity contribution in [1.29, 1.82) is 0 Å². The maximum absolute atomic E-state index is 13.5. The van der Waals surface area contributed by atoms with E-state index in [-0.39, 0.29) is 34.7 Å². The fourth-order valence-electron chi connectivity index (χ4n) is 5.10. The van der Waals surface area contributed by atoms with Crippen LogP contribution in [0.5, 0.6) is 0 Å². The zero-order valence-corrected chi connectivity index (χ0v) is 23.3. The summed E-state index contributed by atoms with van der Waals surface area (Å²) in [7, 11) is 0. The van der Waals surface area contributed by atoms with E-state index in [9.17, 15) is 31.1 Å². The van der Waals surface area contributed by atoms with Gasteiger partial charge in [0.15, 0.2) is 0 Å². The fraction of sp³-hybridized carbons (Fsp3) is 0.565. The average Bonchev–Trinajstić information content (AvgIpc) is 3.44. The number of aromatic nitrogens is 3. The molecule has 0 radical (unpaired) electrons. The standard InChI is InChI=1S/C20H17F6N6O.3CH3.Sn/c21-19(22,23)11-6-27-18(28-7-11)29-14-3-4-15(30-16(14)10-1-2-10)31-8-13-5-12(31)9-32(13)17(33)20(24,25)26;;;;/h3-4,6,10,12-13H,1-2,5,8-9H2,(H,27,28,29);3*1H3;/t12-,13?;;;;/m1..../s1. The molecule has 2 aromatic heterocycles. The number of piperazine rings is 1. The first-order valence-corrected chi connectivity index (χ1v) is 22.0. The molecule has 1 saturated carbocycles. The summed E-state index contributed by atoms with van der Waals surface area (Å²) in [6, 6.07) is 2.72. The van der Waals surface area contributed by atoms with Gasteiger partial charge in [0.05, 0.1) is 0 Å². The predicted octanol–water partition coefficient (Wildman–Crippen LogP) is 4.41. The number of likely N-dealkylation sites (tertiary alicyclic amines) is 1. The third kappa shape index (κ3) is 5.19. The quantitative estimate of drug-likeness (QED) is 0.388. The van der Waals surface area contributed by atoms with Gasteiger partial charge in [0.25, 0.3) is 0 Å². The summed E-state index contributed by atoms with van der Waals surface area (Å²) in [5.74, 6) is -0.950. The number of rotatable bonds is 5. The van der Waals surface area contributed by atoms with Crippen LogP contribution in [0.2, 0.25) is 14.8 Å². The molecule has 4 heterocycles. The van der Waals surface area contributed by atoms with E-state index < -0.39 is 48.2 Å². The number of carbonyl (C=O) groups is 1. The summed E-state index contributed by atoms with van der Waals surface area (Å²) in [6.45, 7) is 0.255. The molecular formula is C23H26F6N6OSn. The van der Waals surface area contributed by atoms with Crippen LogP contribution in [0.3, 0.4) is 0 Å². The van der Waals surface area contributed by atoms with E-state index in [2.05, 4.69) is 15.3 Å². The summed E-state index contributed by atoms with van der Waals surface area (Å²) in [4.78, 5) is 33.1. The summed E-state index contributed by atoms with van der Waals surface area (Å²) in [5.41, 5.74) is 0.534.